The van der Waals surface area contributed by atoms with E-state index in [-0.39, 0.29) is 5.91 Å². The molecule has 1 aromatic carbocycles. The molecule has 80 valence electrons. The lowest BCUT2D eigenvalue weighted by atomic mass is 9.98. The molecule has 0 saturated heterocycles. The van der Waals surface area contributed by atoms with E-state index in [2.05, 4.69) is 17.4 Å². The fourth-order valence-corrected chi connectivity index (χ4v) is 2.30. The van der Waals surface area contributed by atoms with Crippen molar-refractivity contribution < 1.29 is 4.79 Å². The molecular weight excluding hydrogens is 186 g/mol. The second-order valence-corrected chi connectivity index (χ2v) is 4.28. The molecule has 0 spiro atoms. The third-order valence-electron chi connectivity index (χ3n) is 3.06. The molecule has 0 aromatic heterocycles. The van der Waals surface area contributed by atoms with Crippen LogP contribution in [0.3, 0.4) is 0 Å². The molecule has 0 aliphatic heterocycles. The average Bonchev–Trinajstić information content (AvgIpc) is 2.71. The second-order valence-electron chi connectivity index (χ2n) is 4.28. The highest BCUT2D eigenvalue weighted by atomic mass is 16.1. The third-order valence-corrected chi connectivity index (χ3v) is 3.06. The molecule has 0 unspecified atom stereocenters. The molecule has 0 atom stereocenters. The Kier molecular flexibility index (Phi) is 3.05. The molecule has 1 fully saturated rings. The van der Waals surface area contributed by atoms with Crippen LogP contribution in [0.25, 0.3) is 0 Å². The Morgan fingerprint density at radius 3 is 2.33 bits per heavy atom. The molecular formula is C13H17NO. The zero-order valence-corrected chi connectivity index (χ0v) is 9.12. The third kappa shape index (κ3) is 2.58. The first-order valence-corrected chi connectivity index (χ1v) is 5.63. The molecule has 1 saturated carbocycles. The van der Waals surface area contributed by atoms with E-state index in [0.29, 0.717) is 0 Å². The molecule has 1 aliphatic rings. The van der Waals surface area contributed by atoms with Crippen molar-refractivity contribution >= 4 is 11.6 Å². The van der Waals surface area contributed by atoms with E-state index in [1.54, 1.807) is 0 Å². The number of carbonyl (C=O) groups is 1. The highest BCUT2D eigenvalue weighted by Gasteiger charge is 2.16. The van der Waals surface area contributed by atoms with Gasteiger partial charge in [-0.3, -0.25) is 4.79 Å². The molecule has 1 amide bonds. The number of carbonyl (C=O) groups excluding carboxylic acids is 1. The van der Waals surface area contributed by atoms with Crippen LogP contribution in [-0.4, -0.2) is 5.91 Å². The van der Waals surface area contributed by atoms with Crippen LogP contribution in [-0.2, 0) is 4.79 Å². The monoisotopic (exact) mass is 203 g/mol. The van der Waals surface area contributed by atoms with Crippen LogP contribution >= 0.6 is 0 Å². The van der Waals surface area contributed by atoms with Crippen molar-refractivity contribution in [2.45, 2.75) is 38.5 Å². The highest BCUT2D eigenvalue weighted by Crippen LogP contribution is 2.34. The van der Waals surface area contributed by atoms with Crippen LogP contribution in [0.5, 0.6) is 0 Å². The van der Waals surface area contributed by atoms with Crippen LogP contribution in [0.15, 0.2) is 24.3 Å². The van der Waals surface area contributed by atoms with E-state index < -0.39 is 0 Å². The Balaban J connectivity index is 2.06. The summed E-state index contributed by atoms with van der Waals surface area (Å²) in [6, 6.07) is 8.27. The van der Waals surface area contributed by atoms with Crippen molar-refractivity contribution in [1.82, 2.24) is 0 Å². The zero-order valence-electron chi connectivity index (χ0n) is 9.12. The number of benzene rings is 1. The van der Waals surface area contributed by atoms with Crippen LogP contribution < -0.4 is 5.32 Å². The SMILES string of the molecule is CC(=O)Nc1ccc(C2CCCC2)cc1. The number of rotatable bonds is 2. The summed E-state index contributed by atoms with van der Waals surface area (Å²) in [5.74, 6) is 0.736. The lowest BCUT2D eigenvalue weighted by Gasteiger charge is -2.10. The van der Waals surface area contributed by atoms with Gasteiger partial charge in [-0.05, 0) is 36.5 Å². The smallest absolute Gasteiger partial charge is 0.221 e. The van der Waals surface area contributed by atoms with Crippen molar-refractivity contribution in [2.24, 2.45) is 0 Å². The van der Waals surface area contributed by atoms with E-state index in [0.717, 1.165) is 11.6 Å². The summed E-state index contributed by atoms with van der Waals surface area (Å²) in [4.78, 5) is 10.8. The van der Waals surface area contributed by atoms with E-state index in [4.69, 9.17) is 0 Å². The fourth-order valence-electron chi connectivity index (χ4n) is 2.30. The standard InChI is InChI=1S/C13H17NO/c1-10(15)14-13-8-6-12(7-9-13)11-4-2-3-5-11/h6-9,11H,2-5H2,1H3,(H,14,15). The first kappa shape index (κ1) is 10.2. The van der Waals surface area contributed by atoms with Crippen LogP contribution in [0, 0.1) is 0 Å². The molecule has 1 aliphatic carbocycles. The van der Waals surface area contributed by atoms with Gasteiger partial charge in [-0.15, -0.1) is 0 Å². The number of hydrogen-bond acceptors (Lipinski definition) is 1. The Morgan fingerprint density at radius 1 is 1.20 bits per heavy atom. The summed E-state index contributed by atoms with van der Waals surface area (Å²) >= 11 is 0. The van der Waals surface area contributed by atoms with E-state index in [1.165, 1.54) is 38.2 Å². The van der Waals surface area contributed by atoms with E-state index in [1.807, 2.05) is 12.1 Å². The average molecular weight is 203 g/mol. The van der Waals surface area contributed by atoms with Gasteiger partial charge in [-0.1, -0.05) is 25.0 Å². The summed E-state index contributed by atoms with van der Waals surface area (Å²) in [6.07, 6.45) is 5.36. The van der Waals surface area contributed by atoms with E-state index >= 15 is 0 Å². The summed E-state index contributed by atoms with van der Waals surface area (Å²) in [5.41, 5.74) is 2.31. The molecule has 0 radical (unpaired) electrons. The second kappa shape index (κ2) is 4.47. The van der Waals surface area contributed by atoms with Gasteiger partial charge < -0.3 is 5.32 Å². The number of hydrogen-bond donors (Lipinski definition) is 1. The predicted octanol–water partition coefficient (Wildman–Crippen LogP) is 3.30. The summed E-state index contributed by atoms with van der Waals surface area (Å²) < 4.78 is 0. The van der Waals surface area contributed by atoms with Gasteiger partial charge in [0.1, 0.15) is 0 Å². The Hall–Kier alpha value is -1.31. The maximum atomic E-state index is 10.8. The van der Waals surface area contributed by atoms with Crippen LogP contribution in [0.4, 0.5) is 5.69 Å². The van der Waals surface area contributed by atoms with Gasteiger partial charge >= 0.3 is 0 Å². The largest absolute Gasteiger partial charge is 0.326 e. The maximum Gasteiger partial charge on any atom is 0.221 e. The maximum absolute atomic E-state index is 10.8. The molecule has 2 nitrogen and oxygen atoms in total. The minimum absolute atomic E-state index is 0.0105. The molecule has 0 heterocycles. The predicted molar refractivity (Wildman–Crippen MR) is 62.0 cm³/mol. The van der Waals surface area contributed by atoms with Gasteiger partial charge in [0.05, 0.1) is 0 Å². The Morgan fingerprint density at radius 2 is 1.80 bits per heavy atom. The first-order valence-electron chi connectivity index (χ1n) is 5.63. The van der Waals surface area contributed by atoms with Gasteiger partial charge in [0, 0.05) is 12.6 Å². The Labute approximate surface area is 90.7 Å². The lowest BCUT2D eigenvalue weighted by molar-refractivity contribution is -0.114. The van der Waals surface area contributed by atoms with E-state index in [9.17, 15) is 4.79 Å². The van der Waals surface area contributed by atoms with Crippen molar-refractivity contribution in [1.29, 1.82) is 0 Å². The number of anilines is 1. The van der Waals surface area contributed by atoms with Crippen molar-refractivity contribution in [3.63, 3.8) is 0 Å². The van der Waals surface area contributed by atoms with Gasteiger partial charge in [0.2, 0.25) is 5.91 Å². The molecule has 0 bridgehead atoms. The minimum Gasteiger partial charge on any atom is -0.326 e. The summed E-state index contributed by atoms with van der Waals surface area (Å²) in [6.45, 7) is 1.53. The first-order chi connectivity index (χ1) is 7.25. The minimum atomic E-state index is -0.0105. The quantitative estimate of drug-likeness (QED) is 0.785. The van der Waals surface area contributed by atoms with Gasteiger partial charge in [-0.25, -0.2) is 0 Å². The topological polar surface area (TPSA) is 29.1 Å². The van der Waals surface area contributed by atoms with Crippen LogP contribution in [0.1, 0.15) is 44.1 Å². The fraction of sp³-hybridized carbons (Fsp3) is 0.462. The summed E-state index contributed by atoms with van der Waals surface area (Å²) in [5, 5.41) is 2.78. The van der Waals surface area contributed by atoms with Gasteiger partial charge in [0.25, 0.3) is 0 Å². The van der Waals surface area contributed by atoms with Crippen molar-refractivity contribution in [3.8, 4) is 0 Å². The normalized spacial score (nSPS) is 16.6. The molecule has 15 heavy (non-hydrogen) atoms. The van der Waals surface area contributed by atoms with Gasteiger partial charge in [-0.2, -0.15) is 0 Å². The summed E-state index contributed by atoms with van der Waals surface area (Å²) in [7, 11) is 0. The molecule has 2 rings (SSSR count). The molecule has 1 aromatic rings. The Bertz CT molecular complexity index is 336. The van der Waals surface area contributed by atoms with Crippen molar-refractivity contribution in [3.05, 3.63) is 29.8 Å². The molecule has 1 N–H and O–H groups in total. The number of amides is 1. The molecule has 2 heteroatoms. The highest BCUT2D eigenvalue weighted by molar-refractivity contribution is 5.88. The zero-order chi connectivity index (χ0) is 10.7. The number of nitrogens with one attached hydrogen (secondary N) is 1. The van der Waals surface area contributed by atoms with Crippen LogP contribution in [0.2, 0.25) is 0 Å². The lowest BCUT2D eigenvalue weighted by Crippen LogP contribution is -2.05. The van der Waals surface area contributed by atoms with Gasteiger partial charge in [0.15, 0.2) is 0 Å². The van der Waals surface area contributed by atoms with Crippen molar-refractivity contribution in [2.75, 3.05) is 5.32 Å².